The quantitative estimate of drug-likeness (QED) is 0.800. The Balaban J connectivity index is 1.78. The van der Waals surface area contributed by atoms with E-state index in [-0.39, 0.29) is 17.7 Å². The van der Waals surface area contributed by atoms with Gasteiger partial charge in [-0.2, -0.15) is 0 Å². The minimum atomic E-state index is -0.916. The highest BCUT2D eigenvalue weighted by atomic mass is 19.1. The Morgan fingerprint density at radius 1 is 1.28 bits per heavy atom. The van der Waals surface area contributed by atoms with Crippen LogP contribution in [0.1, 0.15) is 40.0 Å². The van der Waals surface area contributed by atoms with Crippen molar-refractivity contribution in [1.82, 2.24) is 5.32 Å². The standard InChI is InChI=1S/C19H26FNO4/c1-12-7-6-9-16(13(12)2)21-19(23)14(3)25-18(22)11-24-17-10-5-4-8-15(17)20/h4-5,8,10,12-14,16H,6-7,9,11H2,1-3H3,(H,21,23)/t12-,13+,14+,16+/m0/s1. The van der Waals surface area contributed by atoms with Gasteiger partial charge < -0.3 is 14.8 Å². The van der Waals surface area contributed by atoms with Crippen LogP contribution in [0.15, 0.2) is 24.3 Å². The monoisotopic (exact) mass is 351 g/mol. The Kier molecular flexibility index (Phi) is 6.79. The van der Waals surface area contributed by atoms with Gasteiger partial charge in [-0.3, -0.25) is 4.79 Å². The third-order valence-corrected chi connectivity index (χ3v) is 4.89. The van der Waals surface area contributed by atoms with Gasteiger partial charge in [0.15, 0.2) is 24.3 Å². The van der Waals surface area contributed by atoms with E-state index in [4.69, 9.17) is 9.47 Å². The summed E-state index contributed by atoms with van der Waals surface area (Å²) in [5, 5.41) is 2.97. The molecule has 0 spiro atoms. The molecule has 5 nitrogen and oxygen atoms in total. The highest BCUT2D eigenvalue weighted by Gasteiger charge is 2.30. The lowest BCUT2D eigenvalue weighted by molar-refractivity contribution is -0.157. The minimum absolute atomic E-state index is 0.0263. The molecule has 1 saturated carbocycles. The van der Waals surface area contributed by atoms with Gasteiger partial charge in [0, 0.05) is 6.04 Å². The summed E-state index contributed by atoms with van der Waals surface area (Å²) in [6.07, 6.45) is 2.28. The zero-order chi connectivity index (χ0) is 18.4. The van der Waals surface area contributed by atoms with Crippen molar-refractivity contribution in [3.63, 3.8) is 0 Å². The number of carbonyl (C=O) groups is 2. The fourth-order valence-corrected chi connectivity index (χ4v) is 3.07. The van der Waals surface area contributed by atoms with Crippen LogP contribution in [0.3, 0.4) is 0 Å². The number of ether oxygens (including phenoxy) is 2. The molecule has 1 amide bonds. The largest absolute Gasteiger partial charge is 0.479 e. The van der Waals surface area contributed by atoms with Crippen LogP contribution < -0.4 is 10.1 Å². The first-order chi connectivity index (χ1) is 11.9. The van der Waals surface area contributed by atoms with Gasteiger partial charge >= 0.3 is 5.97 Å². The van der Waals surface area contributed by atoms with E-state index in [2.05, 4.69) is 19.2 Å². The summed E-state index contributed by atoms with van der Waals surface area (Å²) in [4.78, 5) is 24.0. The van der Waals surface area contributed by atoms with Crippen molar-refractivity contribution in [2.45, 2.75) is 52.2 Å². The number of carbonyl (C=O) groups excluding carboxylic acids is 2. The second kappa shape index (κ2) is 8.83. The van der Waals surface area contributed by atoms with Crippen molar-refractivity contribution in [2.75, 3.05) is 6.61 Å². The number of amides is 1. The molecule has 138 valence electrons. The van der Waals surface area contributed by atoms with Crippen molar-refractivity contribution < 1.29 is 23.5 Å². The van der Waals surface area contributed by atoms with E-state index < -0.39 is 24.5 Å². The molecule has 1 aliphatic carbocycles. The number of rotatable bonds is 6. The van der Waals surface area contributed by atoms with E-state index in [1.165, 1.54) is 31.5 Å². The third kappa shape index (κ3) is 5.44. The van der Waals surface area contributed by atoms with E-state index in [9.17, 15) is 14.0 Å². The van der Waals surface area contributed by atoms with Gasteiger partial charge in [0.25, 0.3) is 5.91 Å². The number of hydrogen-bond donors (Lipinski definition) is 1. The molecular weight excluding hydrogens is 325 g/mol. The molecule has 0 saturated heterocycles. The Morgan fingerprint density at radius 3 is 2.72 bits per heavy atom. The molecule has 1 aromatic rings. The van der Waals surface area contributed by atoms with Gasteiger partial charge in [-0.25, -0.2) is 9.18 Å². The molecule has 1 fully saturated rings. The number of benzene rings is 1. The molecule has 0 radical (unpaired) electrons. The van der Waals surface area contributed by atoms with Gasteiger partial charge in [0.2, 0.25) is 0 Å². The molecule has 4 atom stereocenters. The van der Waals surface area contributed by atoms with Crippen LogP contribution in [-0.2, 0) is 14.3 Å². The van der Waals surface area contributed by atoms with Gasteiger partial charge in [0.1, 0.15) is 0 Å². The molecule has 0 bridgehead atoms. The summed E-state index contributed by atoms with van der Waals surface area (Å²) in [6.45, 7) is 5.39. The zero-order valence-electron chi connectivity index (χ0n) is 15.0. The van der Waals surface area contributed by atoms with Crippen molar-refractivity contribution in [1.29, 1.82) is 0 Å². The second-order valence-electron chi connectivity index (χ2n) is 6.73. The maximum absolute atomic E-state index is 13.4. The zero-order valence-corrected chi connectivity index (χ0v) is 15.0. The SMILES string of the molecule is C[C@@H]1[C@@H](C)CCC[C@H]1NC(=O)[C@@H](C)OC(=O)COc1ccccc1F. The lowest BCUT2D eigenvalue weighted by Gasteiger charge is -2.35. The topological polar surface area (TPSA) is 64.6 Å². The molecule has 0 heterocycles. The summed E-state index contributed by atoms with van der Waals surface area (Å²) < 4.78 is 23.6. The molecule has 1 N–H and O–H groups in total. The van der Waals surface area contributed by atoms with Crippen LogP contribution in [0.2, 0.25) is 0 Å². The molecule has 0 aromatic heterocycles. The first-order valence-corrected chi connectivity index (χ1v) is 8.75. The van der Waals surface area contributed by atoms with E-state index in [0.29, 0.717) is 11.8 Å². The average molecular weight is 351 g/mol. The van der Waals surface area contributed by atoms with Gasteiger partial charge in [0.05, 0.1) is 0 Å². The van der Waals surface area contributed by atoms with Crippen molar-refractivity contribution in [3.8, 4) is 5.75 Å². The molecule has 2 rings (SSSR count). The lowest BCUT2D eigenvalue weighted by Crippen LogP contribution is -2.47. The molecule has 1 aliphatic rings. The summed E-state index contributed by atoms with van der Waals surface area (Å²) in [5.41, 5.74) is 0. The number of halogens is 1. The highest BCUT2D eigenvalue weighted by Crippen LogP contribution is 2.29. The molecule has 0 aliphatic heterocycles. The van der Waals surface area contributed by atoms with Crippen LogP contribution >= 0.6 is 0 Å². The lowest BCUT2D eigenvalue weighted by atomic mass is 9.78. The fourth-order valence-electron chi connectivity index (χ4n) is 3.07. The minimum Gasteiger partial charge on any atom is -0.479 e. The summed E-state index contributed by atoms with van der Waals surface area (Å²) in [6, 6.07) is 5.90. The molecule has 0 unspecified atom stereocenters. The smallest absolute Gasteiger partial charge is 0.344 e. The molecule has 6 heteroatoms. The normalized spacial score (nSPS) is 24.2. The summed E-state index contributed by atoms with van der Waals surface area (Å²) in [5.74, 6) is -0.653. The van der Waals surface area contributed by atoms with Crippen LogP contribution in [0, 0.1) is 17.7 Å². The molecular formula is C19H26FNO4. The second-order valence-corrected chi connectivity index (χ2v) is 6.73. The molecule has 1 aromatic carbocycles. The Bertz CT molecular complexity index is 607. The average Bonchev–Trinajstić information content (AvgIpc) is 2.58. The summed E-state index contributed by atoms with van der Waals surface area (Å²) in [7, 11) is 0. The third-order valence-electron chi connectivity index (χ3n) is 4.89. The van der Waals surface area contributed by atoms with Crippen LogP contribution in [0.5, 0.6) is 5.75 Å². The molecule has 25 heavy (non-hydrogen) atoms. The van der Waals surface area contributed by atoms with Crippen LogP contribution in [-0.4, -0.2) is 30.6 Å². The maximum atomic E-state index is 13.4. The Hall–Kier alpha value is -2.11. The van der Waals surface area contributed by atoms with E-state index in [1.54, 1.807) is 6.07 Å². The summed E-state index contributed by atoms with van der Waals surface area (Å²) >= 11 is 0. The predicted molar refractivity (Wildman–Crippen MR) is 91.6 cm³/mol. The van der Waals surface area contributed by atoms with Gasteiger partial charge in [-0.1, -0.05) is 38.8 Å². The predicted octanol–water partition coefficient (Wildman–Crippen LogP) is 3.08. The van der Waals surface area contributed by atoms with Crippen LogP contribution in [0.25, 0.3) is 0 Å². The Morgan fingerprint density at radius 2 is 2.00 bits per heavy atom. The van der Waals surface area contributed by atoms with Gasteiger partial charge in [-0.05, 0) is 37.3 Å². The maximum Gasteiger partial charge on any atom is 0.344 e. The number of esters is 1. The van der Waals surface area contributed by atoms with E-state index in [1.807, 2.05) is 0 Å². The first-order valence-electron chi connectivity index (χ1n) is 8.75. The van der Waals surface area contributed by atoms with Crippen molar-refractivity contribution >= 4 is 11.9 Å². The number of nitrogens with one attached hydrogen (secondary N) is 1. The van der Waals surface area contributed by atoms with Crippen LogP contribution in [0.4, 0.5) is 4.39 Å². The number of hydrogen-bond acceptors (Lipinski definition) is 4. The van der Waals surface area contributed by atoms with E-state index in [0.717, 1.165) is 12.8 Å². The van der Waals surface area contributed by atoms with Crippen molar-refractivity contribution in [3.05, 3.63) is 30.1 Å². The number of para-hydroxylation sites is 1. The highest BCUT2D eigenvalue weighted by molar-refractivity contribution is 5.83. The van der Waals surface area contributed by atoms with Crippen molar-refractivity contribution in [2.24, 2.45) is 11.8 Å². The first kappa shape index (κ1) is 19.2. The van der Waals surface area contributed by atoms with E-state index >= 15 is 0 Å². The fraction of sp³-hybridized carbons (Fsp3) is 0.579. The Labute approximate surface area is 147 Å². The van der Waals surface area contributed by atoms with Gasteiger partial charge in [-0.15, -0.1) is 0 Å².